The van der Waals surface area contributed by atoms with E-state index in [-0.39, 0.29) is 12.5 Å². The molecule has 1 aromatic heterocycles. The Labute approximate surface area is 123 Å². The van der Waals surface area contributed by atoms with Crippen LogP contribution in [0.25, 0.3) is 0 Å². The Morgan fingerprint density at radius 3 is 2.90 bits per heavy atom. The molecule has 2 N–H and O–H groups in total. The van der Waals surface area contributed by atoms with Crippen LogP contribution in [0.4, 0.5) is 0 Å². The van der Waals surface area contributed by atoms with Gasteiger partial charge in [-0.3, -0.25) is 4.79 Å². The number of rotatable bonds is 4. The zero-order valence-corrected chi connectivity index (χ0v) is 11.4. The quantitative estimate of drug-likeness (QED) is 0.824. The van der Waals surface area contributed by atoms with Gasteiger partial charge in [0, 0.05) is 18.2 Å². The van der Waals surface area contributed by atoms with Gasteiger partial charge in [-0.25, -0.2) is 9.97 Å². The molecule has 106 valence electrons. The number of nitrogens with one attached hydrogen (secondary N) is 1. The van der Waals surface area contributed by atoms with Gasteiger partial charge in [0.2, 0.25) is 0 Å². The number of carbonyl (C=O) groups excluding carboxylic acids is 1. The molecule has 1 amide bonds. The third kappa shape index (κ3) is 4.41. The Hall–Kier alpha value is -2.71. The molecule has 0 spiro atoms. The van der Waals surface area contributed by atoms with Crippen molar-refractivity contribution in [1.82, 2.24) is 15.3 Å². The van der Waals surface area contributed by atoms with Gasteiger partial charge in [0.05, 0.1) is 24.4 Å². The maximum Gasteiger partial charge on any atom is 0.252 e. The summed E-state index contributed by atoms with van der Waals surface area (Å²) in [4.78, 5) is 20.1. The lowest BCUT2D eigenvalue weighted by Gasteiger charge is -2.06. The summed E-state index contributed by atoms with van der Waals surface area (Å²) in [7, 11) is 0. The number of carbonyl (C=O) groups is 1. The fourth-order valence-electron chi connectivity index (χ4n) is 1.69. The summed E-state index contributed by atoms with van der Waals surface area (Å²) in [5, 5.41) is 11.5. The van der Waals surface area contributed by atoms with E-state index in [0.717, 1.165) is 5.69 Å². The lowest BCUT2D eigenvalue weighted by molar-refractivity contribution is 0.0950. The van der Waals surface area contributed by atoms with E-state index in [0.29, 0.717) is 24.1 Å². The van der Waals surface area contributed by atoms with Crippen molar-refractivity contribution in [1.29, 1.82) is 0 Å². The maximum absolute atomic E-state index is 12.2. The average molecular weight is 281 g/mol. The van der Waals surface area contributed by atoms with Gasteiger partial charge < -0.3 is 10.4 Å². The molecule has 21 heavy (non-hydrogen) atoms. The van der Waals surface area contributed by atoms with Gasteiger partial charge >= 0.3 is 0 Å². The van der Waals surface area contributed by atoms with Crippen LogP contribution in [0, 0.1) is 11.8 Å². The number of aliphatic hydroxyl groups excluding tert-OH is 1. The molecular weight excluding hydrogens is 266 g/mol. The minimum Gasteiger partial charge on any atom is -0.395 e. The van der Waals surface area contributed by atoms with Crippen molar-refractivity contribution in [2.45, 2.75) is 13.0 Å². The number of amides is 1. The molecular formula is C16H15N3O2. The van der Waals surface area contributed by atoms with E-state index < -0.39 is 0 Å². The minimum absolute atomic E-state index is 0.00900. The summed E-state index contributed by atoms with van der Waals surface area (Å²) in [5.41, 5.74) is 1.89. The van der Waals surface area contributed by atoms with Crippen LogP contribution in [-0.2, 0) is 6.54 Å². The molecule has 2 rings (SSSR count). The van der Waals surface area contributed by atoms with E-state index >= 15 is 0 Å². The molecule has 1 aromatic carbocycles. The molecule has 0 radical (unpaired) electrons. The van der Waals surface area contributed by atoms with Gasteiger partial charge in [0.1, 0.15) is 6.33 Å². The highest BCUT2D eigenvalue weighted by Crippen LogP contribution is 2.07. The molecule has 5 heteroatoms. The van der Waals surface area contributed by atoms with E-state index in [4.69, 9.17) is 5.11 Å². The molecule has 0 fully saturated rings. The van der Waals surface area contributed by atoms with E-state index in [1.54, 1.807) is 30.5 Å². The highest BCUT2D eigenvalue weighted by atomic mass is 16.2. The van der Waals surface area contributed by atoms with Gasteiger partial charge in [-0.05, 0) is 18.2 Å². The molecule has 0 atom stereocenters. The topological polar surface area (TPSA) is 75.1 Å². The first-order chi connectivity index (χ1) is 10.3. The predicted molar refractivity (Wildman–Crippen MR) is 78.2 cm³/mol. The molecule has 0 saturated heterocycles. The van der Waals surface area contributed by atoms with Crippen LogP contribution < -0.4 is 5.32 Å². The molecule has 0 saturated carbocycles. The van der Waals surface area contributed by atoms with E-state index in [9.17, 15) is 4.79 Å². The third-order valence-corrected chi connectivity index (χ3v) is 2.70. The normalized spacial score (nSPS) is 9.57. The first kappa shape index (κ1) is 14.7. The summed E-state index contributed by atoms with van der Waals surface area (Å²) in [6, 6.07) is 8.86. The van der Waals surface area contributed by atoms with Gasteiger partial charge in [0.15, 0.2) is 0 Å². The molecule has 0 unspecified atom stereocenters. The molecule has 0 aliphatic carbocycles. The van der Waals surface area contributed by atoms with Crippen LogP contribution in [-0.4, -0.2) is 27.6 Å². The second-order valence-electron chi connectivity index (χ2n) is 4.20. The summed E-state index contributed by atoms with van der Waals surface area (Å²) in [6.07, 6.45) is 3.45. The first-order valence-corrected chi connectivity index (χ1v) is 6.53. The number of hydrogen-bond acceptors (Lipinski definition) is 4. The molecule has 0 aliphatic rings. The SMILES string of the molecule is O=C(NCc1ccncn1)c1ccccc1C#CCCO. The highest BCUT2D eigenvalue weighted by molar-refractivity contribution is 5.96. The van der Waals surface area contributed by atoms with Crippen molar-refractivity contribution in [2.24, 2.45) is 0 Å². The van der Waals surface area contributed by atoms with Gasteiger partial charge in [0.25, 0.3) is 5.91 Å². The predicted octanol–water partition coefficient (Wildman–Crippen LogP) is 1.14. The molecule has 5 nitrogen and oxygen atoms in total. The van der Waals surface area contributed by atoms with E-state index in [1.807, 2.05) is 6.07 Å². The third-order valence-electron chi connectivity index (χ3n) is 2.70. The van der Waals surface area contributed by atoms with Crippen LogP contribution >= 0.6 is 0 Å². The minimum atomic E-state index is -0.206. The Balaban J connectivity index is 2.07. The largest absolute Gasteiger partial charge is 0.395 e. The molecule has 0 bridgehead atoms. The Bertz CT molecular complexity index is 660. The lowest BCUT2D eigenvalue weighted by Crippen LogP contribution is -2.24. The second kappa shape index (κ2) is 7.78. The summed E-state index contributed by atoms with van der Waals surface area (Å²) in [6.45, 7) is 0.342. The monoisotopic (exact) mass is 281 g/mol. The number of benzene rings is 1. The van der Waals surface area contributed by atoms with Crippen molar-refractivity contribution >= 4 is 5.91 Å². The Morgan fingerprint density at radius 2 is 2.14 bits per heavy atom. The average Bonchev–Trinajstić information content (AvgIpc) is 2.54. The fourth-order valence-corrected chi connectivity index (χ4v) is 1.69. The molecule has 2 aromatic rings. The van der Waals surface area contributed by atoms with E-state index in [1.165, 1.54) is 6.33 Å². The van der Waals surface area contributed by atoms with Crippen molar-refractivity contribution in [3.63, 3.8) is 0 Å². The summed E-state index contributed by atoms with van der Waals surface area (Å²) in [5.74, 6) is 5.51. The smallest absolute Gasteiger partial charge is 0.252 e. The molecule has 1 heterocycles. The standard InChI is InChI=1S/C16H15N3O2/c20-10-4-3-6-13-5-1-2-7-15(13)16(21)18-11-14-8-9-17-12-19-14/h1-2,5,7-9,12,20H,4,10-11H2,(H,18,21). The van der Waals surface area contributed by atoms with Crippen LogP contribution in [0.5, 0.6) is 0 Å². The van der Waals surface area contributed by atoms with Crippen molar-refractivity contribution in [3.05, 3.63) is 59.7 Å². The number of hydrogen-bond donors (Lipinski definition) is 2. The second-order valence-corrected chi connectivity index (χ2v) is 4.20. The van der Waals surface area contributed by atoms with Crippen LogP contribution in [0.2, 0.25) is 0 Å². The molecule has 0 aliphatic heterocycles. The highest BCUT2D eigenvalue weighted by Gasteiger charge is 2.09. The zero-order valence-electron chi connectivity index (χ0n) is 11.4. The van der Waals surface area contributed by atoms with Crippen molar-refractivity contribution in [3.8, 4) is 11.8 Å². The van der Waals surface area contributed by atoms with Gasteiger partial charge in [-0.15, -0.1) is 0 Å². The lowest BCUT2D eigenvalue weighted by atomic mass is 10.1. The summed E-state index contributed by atoms with van der Waals surface area (Å²) < 4.78 is 0. The number of nitrogens with zero attached hydrogens (tertiary/aromatic N) is 2. The van der Waals surface area contributed by atoms with Crippen LogP contribution in [0.3, 0.4) is 0 Å². The van der Waals surface area contributed by atoms with Gasteiger partial charge in [-0.1, -0.05) is 24.0 Å². The Kier molecular flexibility index (Phi) is 5.44. The fraction of sp³-hybridized carbons (Fsp3) is 0.188. The Morgan fingerprint density at radius 1 is 1.29 bits per heavy atom. The van der Waals surface area contributed by atoms with Crippen molar-refractivity contribution < 1.29 is 9.90 Å². The van der Waals surface area contributed by atoms with Crippen LogP contribution in [0.1, 0.15) is 28.0 Å². The first-order valence-electron chi connectivity index (χ1n) is 6.53. The number of aliphatic hydroxyl groups is 1. The number of aromatic nitrogens is 2. The van der Waals surface area contributed by atoms with Gasteiger partial charge in [-0.2, -0.15) is 0 Å². The van der Waals surface area contributed by atoms with E-state index in [2.05, 4.69) is 27.1 Å². The zero-order chi connectivity index (χ0) is 14.9. The maximum atomic E-state index is 12.2. The van der Waals surface area contributed by atoms with Crippen LogP contribution in [0.15, 0.2) is 42.9 Å². The van der Waals surface area contributed by atoms with Crippen molar-refractivity contribution in [2.75, 3.05) is 6.61 Å². The summed E-state index contributed by atoms with van der Waals surface area (Å²) >= 11 is 0.